The zero-order chi connectivity index (χ0) is 16.8. The molecule has 1 heterocycles. The number of hydrogen-bond acceptors (Lipinski definition) is 2. The SMILES string of the molecule is CCCC(=O)NCc1nc2ccccc2n1CCc1ccccc1. The number of benzene rings is 2. The van der Waals surface area contributed by atoms with Crippen LogP contribution >= 0.6 is 0 Å². The molecule has 3 rings (SSSR count). The molecule has 1 N–H and O–H groups in total. The molecule has 0 spiro atoms. The van der Waals surface area contributed by atoms with Gasteiger partial charge < -0.3 is 9.88 Å². The Balaban J connectivity index is 1.80. The molecular weight excluding hydrogens is 298 g/mol. The van der Waals surface area contributed by atoms with Crippen molar-refractivity contribution in [1.82, 2.24) is 14.9 Å². The fourth-order valence-corrected chi connectivity index (χ4v) is 2.89. The van der Waals surface area contributed by atoms with Gasteiger partial charge in [-0.3, -0.25) is 4.79 Å². The lowest BCUT2D eigenvalue weighted by Gasteiger charge is -2.10. The topological polar surface area (TPSA) is 46.9 Å². The number of carbonyl (C=O) groups excluding carboxylic acids is 1. The van der Waals surface area contributed by atoms with Gasteiger partial charge in [-0.15, -0.1) is 0 Å². The molecule has 0 aliphatic carbocycles. The van der Waals surface area contributed by atoms with Crippen molar-refractivity contribution < 1.29 is 4.79 Å². The monoisotopic (exact) mass is 321 g/mol. The van der Waals surface area contributed by atoms with Crippen molar-refractivity contribution >= 4 is 16.9 Å². The molecule has 0 saturated carbocycles. The molecule has 1 aromatic heterocycles. The third-order valence-corrected chi connectivity index (χ3v) is 4.12. The molecule has 0 radical (unpaired) electrons. The fourth-order valence-electron chi connectivity index (χ4n) is 2.89. The van der Waals surface area contributed by atoms with E-state index in [1.807, 2.05) is 31.2 Å². The molecule has 0 bridgehead atoms. The van der Waals surface area contributed by atoms with Gasteiger partial charge in [-0.05, 0) is 30.5 Å². The Hall–Kier alpha value is -2.62. The van der Waals surface area contributed by atoms with E-state index in [1.54, 1.807) is 0 Å². The number of aromatic nitrogens is 2. The highest BCUT2D eigenvalue weighted by molar-refractivity contribution is 5.77. The summed E-state index contributed by atoms with van der Waals surface area (Å²) in [6.45, 7) is 3.33. The van der Waals surface area contributed by atoms with Crippen LogP contribution in [0.1, 0.15) is 31.2 Å². The van der Waals surface area contributed by atoms with E-state index in [1.165, 1.54) is 5.56 Å². The molecule has 0 unspecified atom stereocenters. The second-order valence-corrected chi connectivity index (χ2v) is 5.93. The van der Waals surface area contributed by atoms with E-state index in [9.17, 15) is 4.79 Å². The van der Waals surface area contributed by atoms with Crippen LogP contribution in [-0.2, 0) is 24.3 Å². The first kappa shape index (κ1) is 16.2. The standard InChI is InChI=1S/C20H23N3O/c1-2-8-20(24)21-15-19-22-17-11-6-7-12-18(17)23(19)14-13-16-9-4-3-5-10-16/h3-7,9-12H,2,8,13-15H2,1H3,(H,21,24). The van der Waals surface area contributed by atoms with Gasteiger partial charge >= 0.3 is 0 Å². The summed E-state index contributed by atoms with van der Waals surface area (Å²) < 4.78 is 2.22. The number of carbonyl (C=O) groups is 1. The van der Waals surface area contributed by atoms with E-state index in [0.717, 1.165) is 36.2 Å². The zero-order valence-corrected chi connectivity index (χ0v) is 14.0. The lowest BCUT2D eigenvalue weighted by molar-refractivity contribution is -0.121. The van der Waals surface area contributed by atoms with Crippen LogP contribution < -0.4 is 5.32 Å². The van der Waals surface area contributed by atoms with E-state index in [-0.39, 0.29) is 5.91 Å². The molecule has 3 aromatic rings. The lowest BCUT2D eigenvalue weighted by atomic mass is 10.1. The molecule has 0 saturated heterocycles. The first-order valence-electron chi connectivity index (χ1n) is 8.52. The van der Waals surface area contributed by atoms with Crippen molar-refractivity contribution in [2.45, 2.75) is 39.3 Å². The number of hydrogen-bond donors (Lipinski definition) is 1. The maximum absolute atomic E-state index is 11.8. The average Bonchev–Trinajstić information content (AvgIpc) is 2.97. The van der Waals surface area contributed by atoms with E-state index >= 15 is 0 Å². The Bertz CT molecular complexity index is 808. The predicted molar refractivity (Wildman–Crippen MR) is 96.6 cm³/mol. The Morgan fingerprint density at radius 3 is 2.62 bits per heavy atom. The Morgan fingerprint density at radius 1 is 1.08 bits per heavy atom. The van der Waals surface area contributed by atoms with Crippen molar-refractivity contribution in [3.05, 3.63) is 66.0 Å². The average molecular weight is 321 g/mol. The quantitative estimate of drug-likeness (QED) is 0.721. The first-order valence-corrected chi connectivity index (χ1v) is 8.52. The molecule has 4 nitrogen and oxygen atoms in total. The van der Waals surface area contributed by atoms with Crippen LogP contribution in [-0.4, -0.2) is 15.5 Å². The van der Waals surface area contributed by atoms with Crippen molar-refractivity contribution in [2.75, 3.05) is 0 Å². The molecule has 0 aliphatic heterocycles. The van der Waals surface area contributed by atoms with Crippen LogP contribution in [0.2, 0.25) is 0 Å². The number of nitrogens with one attached hydrogen (secondary N) is 1. The van der Waals surface area contributed by atoms with Crippen LogP contribution in [0.15, 0.2) is 54.6 Å². The molecular formula is C20H23N3O. The van der Waals surface area contributed by atoms with Crippen molar-refractivity contribution in [3.63, 3.8) is 0 Å². The maximum Gasteiger partial charge on any atom is 0.220 e. The second-order valence-electron chi connectivity index (χ2n) is 5.93. The van der Waals surface area contributed by atoms with Gasteiger partial charge in [-0.2, -0.15) is 0 Å². The van der Waals surface area contributed by atoms with Gasteiger partial charge in [0.15, 0.2) is 0 Å². The minimum atomic E-state index is 0.0826. The maximum atomic E-state index is 11.8. The van der Waals surface area contributed by atoms with Gasteiger partial charge in [-0.25, -0.2) is 4.98 Å². The number of imidazole rings is 1. The Labute approximate surface area is 142 Å². The third-order valence-electron chi connectivity index (χ3n) is 4.12. The van der Waals surface area contributed by atoms with Gasteiger partial charge in [-0.1, -0.05) is 49.4 Å². The third kappa shape index (κ3) is 3.82. The lowest BCUT2D eigenvalue weighted by Crippen LogP contribution is -2.24. The summed E-state index contributed by atoms with van der Waals surface area (Å²) in [5.41, 5.74) is 3.40. The molecule has 0 atom stereocenters. The van der Waals surface area contributed by atoms with Gasteiger partial charge in [0.05, 0.1) is 17.6 Å². The van der Waals surface area contributed by atoms with Crippen LogP contribution in [0.5, 0.6) is 0 Å². The van der Waals surface area contributed by atoms with Crippen LogP contribution in [0.25, 0.3) is 11.0 Å². The summed E-state index contributed by atoms with van der Waals surface area (Å²) in [5, 5.41) is 2.98. The molecule has 2 aromatic carbocycles. The van der Waals surface area contributed by atoms with E-state index in [0.29, 0.717) is 13.0 Å². The second kappa shape index (κ2) is 7.77. The number of fused-ring (bicyclic) bond motifs is 1. The zero-order valence-electron chi connectivity index (χ0n) is 14.0. The van der Waals surface area contributed by atoms with Gasteiger partial charge in [0.25, 0.3) is 0 Å². The van der Waals surface area contributed by atoms with E-state index in [4.69, 9.17) is 4.98 Å². The highest BCUT2D eigenvalue weighted by Gasteiger charge is 2.11. The molecule has 4 heteroatoms. The van der Waals surface area contributed by atoms with Crippen LogP contribution in [0.4, 0.5) is 0 Å². The molecule has 1 amide bonds. The summed E-state index contributed by atoms with van der Waals surface area (Å²) in [6.07, 6.45) is 2.36. The predicted octanol–water partition coefficient (Wildman–Crippen LogP) is 3.70. The summed E-state index contributed by atoms with van der Waals surface area (Å²) in [5.74, 6) is 0.996. The Kier molecular flexibility index (Phi) is 5.26. The molecule has 24 heavy (non-hydrogen) atoms. The van der Waals surface area contributed by atoms with Gasteiger partial charge in [0.1, 0.15) is 5.82 Å². The smallest absolute Gasteiger partial charge is 0.220 e. The number of para-hydroxylation sites is 2. The summed E-state index contributed by atoms with van der Waals surface area (Å²) in [7, 11) is 0. The van der Waals surface area contributed by atoms with Crippen molar-refractivity contribution in [3.8, 4) is 0 Å². The number of aryl methyl sites for hydroxylation is 2. The minimum Gasteiger partial charge on any atom is -0.349 e. The molecule has 0 aliphatic rings. The Morgan fingerprint density at radius 2 is 1.83 bits per heavy atom. The van der Waals surface area contributed by atoms with Gasteiger partial charge in [0, 0.05) is 13.0 Å². The molecule has 124 valence electrons. The van der Waals surface area contributed by atoms with E-state index in [2.05, 4.69) is 40.2 Å². The number of rotatable bonds is 7. The summed E-state index contributed by atoms with van der Waals surface area (Å²) >= 11 is 0. The van der Waals surface area contributed by atoms with Crippen molar-refractivity contribution in [1.29, 1.82) is 0 Å². The first-order chi connectivity index (χ1) is 11.8. The molecule has 0 fully saturated rings. The van der Waals surface area contributed by atoms with E-state index < -0.39 is 0 Å². The van der Waals surface area contributed by atoms with Crippen LogP contribution in [0, 0.1) is 0 Å². The number of nitrogens with zero attached hydrogens (tertiary/aromatic N) is 2. The fraction of sp³-hybridized carbons (Fsp3) is 0.300. The minimum absolute atomic E-state index is 0.0826. The largest absolute Gasteiger partial charge is 0.349 e. The summed E-state index contributed by atoms with van der Waals surface area (Å²) in [6, 6.07) is 18.6. The normalized spacial score (nSPS) is 10.9. The number of amides is 1. The highest BCUT2D eigenvalue weighted by Crippen LogP contribution is 2.17. The van der Waals surface area contributed by atoms with Gasteiger partial charge in [0.2, 0.25) is 5.91 Å². The van der Waals surface area contributed by atoms with Crippen molar-refractivity contribution in [2.24, 2.45) is 0 Å². The summed E-state index contributed by atoms with van der Waals surface area (Å²) in [4.78, 5) is 16.5. The van der Waals surface area contributed by atoms with Crippen LogP contribution in [0.3, 0.4) is 0 Å². The highest BCUT2D eigenvalue weighted by atomic mass is 16.1.